The van der Waals surface area contributed by atoms with Crippen LogP contribution in [0.3, 0.4) is 0 Å². The van der Waals surface area contributed by atoms with Crippen LogP contribution in [0.15, 0.2) is 48.9 Å². The van der Waals surface area contributed by atoms with E-state index in [0.29, 0.717) is 5.56 Å². The molecule has 7 heteroatoms. The molecule has 0 amide bonds. The number of rotatable bonds is 4. The van der Waals surface area contributed by atoms with Crippen LogP contribution in [0.1, 0.15) is 30.5 Å². The van der Waals surface area contributed by atoms with Gasteiger partial charge >= 0.3 is 6.16 Å². The van der Waals surface area contributed by atoms with Crippen molar-refractivity contribution in [1.82, 2.24) is 15.0 Å². The van der Waals surface area contributed by atoms with E-state index in [2.05, 4.69) is 26.8 Å². The summed E-state index contributed by atoms with van der Waals surface area (Å²) >= 11 is 0. The molecule has 0 saturated carbocycles. The zero-order chi connectivity index (χ0) is 21.8. The van der Waals surface area contributed by atoms with Gasteiger partial charge in [0.2, 0.25) is 5.88 Å². The fraction of sp³-hybridized carbons (Fsp3) is 0.208. The van der Waals surface area contributed by atoms with Gasteiger partial charge in [0.05, 0.1) is 30.0 Å². The van der Waals surface area contributed by atoms with Crippen LogP contribution in [-0.4, -0.2) is 34.3 Å². The van der Waals surface area contributed by atoms with Crippen molar-refractivity contribution in [2.45, 2.75) is 26.6 Å². The van der Waals surface area contributed by atoms with Gasteiger partial charge in [-0.25, -0.2) is 9.78 Å². The van der Waals surface area contributed by atoms with E-state index in [4.69, 9.17) is 14.2 Å². The molecule has 3 aromatic heterocycles. The van der Waals surface area contributed by atoms with Crippen molar-refractivity contribution in [1.29, 1.82) is 0 Å². The molecule has 0 atom stereocenters. The third-order valence-electron chi connectivity index (χ3n) is 4.53. The van der Waals surface area contributed by atoms with Crippen LogP contribution < -0.4 is 4.74 Å². The molecule has 0 fully saturated rings. The van der Waals surface area contributed by atoms with Crippen LogP contribution in [0.5, 0.6) is 5.88 Å². The number of nitrogens with zero attached hydrogens (tertiary/aromatic N) is 2. The number of benzene rings is 1. The quantitative estimate of drug-likeness (QED) is 0.388. The van der Waals surface area contributed by atoms with Gasteiger partial charge < -0.3 is 19.2 Å². The van der Waals surface area contributed by atoms with Crippen molar-refractivity contribution in [3.8, 4) is 17.7 Å². The summed E-state index contributed by atoms with van der Waals surface area (Å²) in [5.41, 5.74) is 4.13. The highest BCUT2D eigenvalue weighted by atomic mass is 16.7. The Hall–Kier alpha value is -3.89. The number of carbonyl (C=O) groups excluding carboxylic acids is 1. The number of ether oxygens (including phenoxy) is 3. The maximum absolute atomic E-state index is 12.0. The number of aromatic amines is 1. The summed E-state index contributed by atoms with van der Waals surface area (Å²) in [5.74, 6) is 6.48. The lowest BCUT2D eigenvalue weighted by atomic mass is 10.1. The topological polar surface area (TPSA) is 86.3 Å². The Morgan fingerprint density at radius 3 is 2.61 bits per heavy atom. The van der Waals surface area contributed by atoms with Crippen molar-refractivity contribution in [2.75, 3.05) is 7.11 Å². The number of carbonyl (C=O) groups is 1. The maximum Gasteiger partial charge on any atom is 0.515 e. The highest BCUT2D eigenvalue weighted by Crippen LogP contribution is 2.33. The third-order valence-corrected chi connectivity index (χ3v) is 4.53. The predicted molar refractivity (Wildman–Crippen MR) is 117 cm³/mol. The summed E-state index contributed by atoms with van der Waals surface area (Å²) in [4.78, 5) is 23.7. The molecular formula is C24H21N3O4. The van der Waals surface area contributed by atoms with Crippen molar-refractivity contribution < 1.29 is 19.0 Å². The molecule has 7 nitrogen and oxygen atoms in total. The number of nitrogens with one attached hydrogen (secondary N) is 1. The molecule has 31 heavy (non-hydrogen) atoms. The van der Waals surface area contributed by atoms with E-state index in [9.17, 15) is 4.79 Å². The first-order valence-corrected chi connectivity index (χ1v) is 9.78. The predicted octanol–water partition coefficient (Wildman–Crippen LogP) is 4.58. The first-order chi connectivity index (χ1) is 15.0. The third kappa shape index (κ3) is 4.49. The Morgan fingerprint density at radius 2 is 1.87 bits per heavy atom. The van der Waals surface area contributed by atoms with E-state index < -0.39 is 6.16 Å². The van der Waals surface area contributed by atoms with E-state index in [0.717, 1.165) is 32.9 Å². The summed E-state index contributed by atoms with van der Waals surface area (Å²) in [6.45, 7) is 3.72. The van der Waals surface area contributed by atoms with Crippen molar-refractivity contribution in [3.05, 3.63) is 65.6 Å². The standard InChI is InChI=1S/C24H21N3O4/c1-15(2)30-24(28)31-23-19(14-29-3)22-18-12-17(5-4-16-8-10-25-11-9-16)6-7-20(18)27-21(22)13-26-23/h6-13,15,27H,14H2,1-3H3. The maximum atomic E-state index is 12.0. The molecule has 1 aromatic carbocycles. The highest BCUT2D eigenvalue weighted by molar-refractivity contribution is 6.09. The number of hydrogen-bond donors (Lipinski definition) is 1. The minimum Gasteiger partial charge on any atom is -0.431 e. The number of H-pyrrole nitrogens is 1. The lowest BCUT2D eigenvalue weighted by molar-refractivity contribution is 0.0705. The summed E-state index contributed by atoms with van der Waals surface area (Å²) < 4.78 is 15.8. The van der Waals surface area contributed by atoms with E-state index in [-0.39, 0.29) is 18.6 Å². The number of fused-ring (bicyclic) bond motifs is 3. The molecular weight excluding hydrogens is 394 g/mol. The first kappa shape index (κ1) is 20.4. The molecule has 156 valence electrons. The zero-order valence-electron chi connectivity index (χ0n) is 17.4. The molecule has 0 unspecified atom stereocenters. The zero-order valence-corrected chi connectivity index (χ0v) is 17.4. The van der Waals surface area contributed by atoms with Gasteiger partial charge in [-0.1, -0.05) is 11.8 Å². The number of hydrogen-bond acceptors (Lipinski definition) is 6. The van der Waals surface area contributed by atoms with Crippen molar-refractivity contribution in [2.24, 2.45) is 0 Å². The van der Waals surface area contributed by atoms with Gasteiger partial charge in [-0.05, 0) is 44.2 Å². The van der Waals surface area contributed by atoms with Crippen LogP contribution in [0.25, 0.3) is 21.8 Å². The second kappa shape index (κ2) is 8.86. The lowest BCUT2D eigenvalue weighted by Crippen LogP contribution is -2.17. The van der Waals surface area contributed by atoms with Crippen molar-refractivity contribution >= 4 is 28.0 Å². The molecule has 4 aromatic rings. The van der Waals surface area contributed by atoms with Crippen LogP contribution in [0.4, 0.5) is 4.79 Å². The van der Waals surface area contributed by atoms with Gasteiger partial charge in [-0.2, -0.15) is 0 Å². The summed E-state index contributed by atoms with van der Waals surface area (Å²) in [7, 11) is 1.58. The Morgan fingerprint density at radius 1 is 1.10 bits per heavy atom. The summed E-state index contributed by atoms with van der Waals surface area (Å²) in [6.07, 6.45) is 3.96. The average Bonchev–Trinajstić information content (AvgIpc) is 3.12. The number of pyridine rings is 2. The molecule has 3 heterocycles. The largest absolute Gasteiger partial charge is 0.515 e. The normalized spacial score (nSPS) is 10.8. The van der Waals surface area contributed by atoms with Crippen LogP contribution in [0, 0.1) is 11.8 Å². The van der Waals surface area contributed by atoms with Crippen LogP contribution in [-0.2, 0) is 16.1 Å². The molecule has 0 spiro atoms. The van der Waals surface area contributed by atoms with E-state index >= 15 is 0 Å². The van der Waals surface area contributed by atoms with E-state index in [1.165, 1.54) is 0 Å². The second-order valence-corrected chi connectivity index (χ2v) is 7.15. The average molecular weight is 415 g/mol. The van der Waals surface area contributed by atoms with Gasteiger partial charge in [-0.3, -0.25) is 4.98 Å². The van der Waals surface area contributed by atoms with Gasteiger partial charge in [0.1, 0.15) is 0 Å². The second-order valence-electron chi connectivity index (χ2n) is 7.15. The molecule has 1 N–H and O–H groups in total. The number of methoxy groups -OCH3 is 1. The van der Waals surface area contributed by atoms with E-state index in [1.807, 2.05) is 30.3 Å². The highest BCUT2D eigenvalue weighted by Gasteiger charge is 2.19. The smallest absolute Gasteiger partial charge is 0.431 e. The number of aromatic nitrogens is 3. The monoisotopic (exact) mass is 415 g/mol. The Bertz CT molecular complexity index is 1300. The SMILES string of the molecule is COCc1c(OC(=O)OC(C)C)ncc2[nH]c3ccc(C#Cc4ccncc4)cc3c12. The summed E-state index contributed by atoms with van der Waals surface area (Å²) in [5, 5.41) is 1.81. The summed E-state index contributed by atoms with van der Waals surface area (Å²) in [6, 6.07) is 9.64. The Balaban J connectivity index is 1.80. The molecule has 0 saturated heterocycles. The fourth-order valence-corrected chi connectivity index (χ4v) is 3.26. The minimum atomic E-state index is -0.803. The van der Waals surface area contributed by atoms with Crippen molar-refractivity contribution in [3.63, 3.8) is 0 Å². The van der Waals surface area contributed by atoms with Gasteiger partial charge in [0.25, 0.3) is 0 Å². The lowest BCUT2D eigenvalue weighted by Gasteiger charge is -2.11. The molecule has 0 aliphatic heterocycles. The van der Waals surface area contributed by atoms with Crippen LogP contribution in [0.2, 0.25) is 0 Å². The fourth-order valence-electron chi connectivity index (χ4n) is 3.26. The Kier molecular flexibility index (Phi) is 5.83. The van der Waals surface area contributed by atoms with Gasteiger partial charge in [0, 0.05) is 46.9 Å². The van der Waals surface area contributed by atoms with Gasteiger partial charge in [0.15, 0.2) is 0 Å². The molecule has 0 bridgehead atoms. The first-order valence-electron chi connectivity index (χ1n) is 9.78. The van der Waals surface area contributed by atoms with E-state index in [1.54, 1.807) is 39.5 Å². The minimum absolute atomic E-state index is 0.161. The molecule has 0 aliphatic rings. The van der Waals surface area contributed by atoms with Crippen LogP contribution >= 0.6 is 0 Å². The molecule has 0 aliphatic carbocycles. The molecule has 4 rings (SSSR count). The van der Waals surface area contributed by atoms with Gasteiger partial charge in [-0.15, -0.1) is 0 Å². The Labute approximate surface area is 179 Å². The molecule has 0 radical (unpaired) electrons.